The Hall–Kier alpha value is -0.860. The number of hydrogen-bond donors (Lipinski definition) is 1. The lowest BCUT2D eigenvalue weighted by Crippen LogP contribution is -2.28. The molecule has 0 radical (unpaired) electrons. The second-order valence-electron chi connectivity index (χ2n) is 6.29. The number of rotatable bonds is 10. The maximum Gasteiger partial charge on any atom is 0.0317 e. The molecule has 0 aliphatic rings. The van der Waals surface area contributed by atoms with Crippen LogP contribution in [-0.4, -0.2) is 31.1 Å². The van der Waals surface area contributed by atoms with Crippen LogP contribution < -0.4 is 5.32 Å². The SMILES string of the molecule is CCc1ccc(C(CC)NCCCCN(C)C(C)C)cc1. The van der Waals surface area contributed by atoms with E-state index in [2.05, 4.69) is 69.2 Å². The van der Waals surface area contributed by atoms with E-state index < -0.39 is 0 Å². The Morgan fingerprint density at radius 3 is 2.24 bits per heavy atom. The Kier molecular flexibility index (Phi) is 8.63. The summed E-state index contributed by atoms with van der Waals surface area (Å²) in [6.45, 7) is 11.3. The average molecular weight is 290 g/mol. The van der Waals surface area contributed by atoms with E-state index in [1.807, 2.05) is 0 Å². The molecule has 0 amide bonds. The van der Waals surface area contributed by atoms with Gasteiger partial charge in [-0.15, -0.1) is 0 Å². The fourth-order valence-corrected chi connectivity index (χ4v) is 2.50. The van der Waals surface area contributed by atoms with Crippen molar-refractivity contribution in [2.75, 3.05) is 20.1 Å². The number of benzene rings is 1. The summed E-state index contributed by atoms with van der Waals surface area (Å²) >= 11 is 0. The van der Waals surface area contributed by atoms with Crippen LogP contribution in [0.25, 0.3) is 0 Å². The zero-order valence-electron chi connectivity index (χ0n) is 14.7. The number of nitrogens with one attached hydrogen (secondary N) is 1. The van der Waals surface area contributed by atoms with Gasteiger partial charge in [0.1, 0.15) is 0 Å². The summed E-state index contributed by atoms with van der Waals surface area (Å²) in [4.78, 5) is 2.42. The van der Waals surface area contributed by atoms with Gasteiger partial charge in [-0.2, -0.15) is 0 Å². The summed E-state index contributed by atoms with van der Waals surface area (Å²) in [6, 6.07) is 10.2. The molecule has 1 atom stereocenters. The van der Waals surface area contributed by atoms with Crippen molar-refractivity contribution in [3.63, 3.8) is 0 Å². The maximum atomic E-state index is 3.71. The minimum absolute atomic E-state index is 0.499. The highest BCUT2D eigenvalue weighted by atomic mass is 15.1. The molecule has 0 aliphatic heterocycles. The highest BCUT2D eigenvalue weighted by Crippen LogP contribution is 2.17. The fraction of sp³-hybridized carbons (Fsp3) is 0.684. The molecule has 1 unspecified atom stereocenters. The lowest BCUT2D eigenvalue weighted by molar-refractivity contribution is 0.267. The normalized spacial score (nSPS) is 13.1. The van der Waals surface area contributed by atoms with Crippen LogP contribution in [-0.2, 0) is 6.42 Å². The third-order valence-corrected chi connectivity index (χ3v) is 4.41. The summed E-state index contributed by atoms with van der Waals surface area (Å²) in [5.74, 6) is 0. The van der Waals surface area contributed by atoms with Crippen LogP contribution in [0.4, 0.5) is 0 Å². The van der Waals surface area contributed by atoms with Gasteiger partial charge < -0.3 is 10.2 Å². The van der Waals surface area contributed by atoms with E-state index in [-0.39, 0.29) is 0 Å². The number of aryl methyl sites for hydroxylation is 1. The smallest absolute Gasteiger partial charge is 0.0317 e. The lowest BCUT2D eigenvalue weighted by atomic mass is 10.0. The second kappa shape index (κ2) is 9.97. The highest BCUT2D eigenvalue weighted by Gasteiger charge is 2.08. The highest BCUT2D eigenvalue weighted by molar-refractivity contribution is 5.24. The van der Waals surface area contributed by atoms with Crippen LogP contribution in [0.2, 0.25) is 0 Å². The van der Waals surface area contributed by atoms with Gasteiger partial charge in [0, 0.05) is 12.1 Å². The molecule has 0 fully saturated rings. The molecule has 2 heteroatoms. The van der Waals surface area contributed by atoms with E-state index in [0.29, 0.717) is 12.1 Å². The third kappa shape index (κ3) is 6.62. The van der Waals surface area contributed by atoms with Crippen molar-refractivity contribution in [1.82, 2.24) is 10.2 Å². The number of hydrogen-bond acceptors (Lipinski definition) is 2. The molecule has 1 rings (SSSR count). The maximum absolute atomic E-state index is 3.71. The quantitative estimate of drug-likeness (QED) is 0.642. The zero-order valence-corrected chi connectivity index (χ0v) is 14.7. The molecule has 0 spiro atoms. The Balaban J connectivity index is 2.30. The van der Waals surface area contributed by atoms with Gasteiger partial charge in [-0.25, -0.2) is 0 Å². The standard InChI is InChI=1S/C19H34N2/c1-6-17-10-12-18(13-11-17)19(7-2)20-14-8-9-15-21(5)16(3)4/h10-13,16,19-20H,6-9,14-15H2,1-5H3. The van der Waals surface area contributed by atoms with Gasteiger partial charge >= 0.3 is 0 Å². The van der Waals surface area contributed by atoms with E-state index >= 15 is 0 Å². The summed E-state index contributed by atoms with van der Waals surface area (Å²) in [5.41, 5.74) is 2.85. The number of unbranched alkanes of at least 4 members (excludes halogenated alkanes) is 1. The van der Waals surface area contributed by atoms with Gasteiger partial charge in [0.25, 0.3) is 0 Å². The summed E-state index contributed by atoms with van der Waals surface area (Å²) in [7, 11) is 2.21. The second-order valence-corrected chi connectivity index (χ2v) is 6.29. The summed E-state index contributed by atoms with van der Waals surface area (Å²) < 4.78 is 0. The molecule has 0 aromatic heterocycles. The predicted molar refractivity (Wildman–Crippen MR) is 93.9 cm³/mol. The monoisotopic (exact) mass is 290 g/mol. The van der Waals surface area contributed by atoms with E-state index in [1.165, 1.54) is 30.5 Å². The Labute approximate surface area is 131 Å². The van der Waals surface area contributed by atoms with Gasteiger partial charge in [-0.1, -0.05) is 38.1 Å². The van der Waals surface area contributed by atoms with Crippen molar-refractivity contribution in [3.8, 4) is 0 Å². The van der Waals surface area contributed by atoms with Gasteiger partial charge in [0.05, 0.1) is 0 Å². The van der Waals surface area contributed by atoms with Crippen molar-refractivity contribution in [1.29, 1.82) is 0 Å². The minimum Gasteiger partial charge on any atom is -0.310 e. The van der Waals surface area contributed by atoms with E-state index in [9.17, 15) is 0 Å². The molecule has 0 aliphatic carbocycles. The molecular weight excluding hydrogens is 256 g/mol. The molecule has 0 saturated heterocycles. The van der Waals surface area contributed by atoms with Crippen molar-refractivity contribution in [3.05, 3.63) is 35.4 Å². The summed E-state index contributed by atoms with van der Waals surface area (Å²) in [5, 5.41) is 3.71. The Morgan fingerprint density at radius 2 is 1.71 bits per heavy atom. The van der Waals surface area contributed by atoms with Crippen LogP contribution in [0.5, 0.6) is 0 Å². The van der Waals surface area contributed by atoms with Crippen molar-refractivity contribution >= 4 is 0 Å². The first-order chi connectivity index (χ1) is 10.1. The van der Waals surface area contributed by atoms with Crippen LogP contribution in [0.3, 0.4) is 0 Å². The van der Waals surface area contributed by atoms with E-state index in [1.54, 1.807) is 0 Å². The first-order valence-electron chi connectivity index (χ1n) is 8.60. The largest absolute Gasteiger partial charge is 0.310 e. The zero-order chi connectivity index (χ0) is 15.7. The molecule has 21 heavy (non-hydrogen) atoms. The molecule has 1 N–H and O–H groups in total. The molecule has 0 bridgehead atoms. The minimum atomic E-state index is 0.499. The average Bonchev–Trinajstić information content (AvgIpc) is 2.50. The first-order valence-corrected chi connectivity index (χ1v) is 8.60. The van der Waals surface area contributed by atoms with Gasteiger partial charge in [0.15, 0.2) is 0 Å². The number of nitrogens with zero attached hydrogens (tertiary/aromatic N) is 1. The van der Waals surface area contributed by atoms with Crippen LogP contribution in [0.1, 0.15) is 64.1 Å². The molecule has 1 aromatic carbocycles. The first kappa shape index (κ1) is 18.2. The molecule has 0 saturated carbocycles. The third-order valence-electron chi connectivity index (χ3n) is 4.41. The molecular formula is C19H34N2. The van der Waals surface area contributed by atoms with Crippen LogP contribution in [0, 0.1) is 0 Å². The summed E-state index contributed by atoms with van der Waals surface area (Å²) in [6.07, 6.45) is 4.79. The predicted octanol–water partition coefficient (Wildman–Crippen LogP) is 4.41. The topological polar surface area (TPSA) is 15.3 Å². The Morgan fingerprint density at radius 1 is 1.05 bits per heavy atom. The molecule has 0 heterocycles. The van der Waals surface area contributed by atoms with Crippen molar-refractivity contribution in [2.45, 2.75) is 65.5 Å². The van der Waals surface area contributed by atoms with Gasteiger partial charge in [-0.05, 0) is 70.8 Å². The van der Waals surface area contributed by atoms with Crippen LogP contribution >= 0.6 is 0 Å². The molecule has 2 nitrogen and oxygen atoms in total. The van der Waals surface area contributed by atoms with Crippen LogP contribution in [0.15, 0.2) is 24.3 Å². The van der Waals surface area contributed by atoms with E-state index in [4.69, 9.17) is 0 Å². The Bertz CT molecular complexity index is 370. The van der Waals surface area contributed by atoms with Gasteiger partial charge in [0.2, 0.25) is 0 Å². The fourth-order valence-electron chi connectivity index (χ4n) is 2.50. The lowest BCUT2D eigenvalue weighted by Gasteiger charge is -2.21. The van der Waals surface area contributed by atoms with Crippen molar-refractivity contribution in [2.24, 2.45) is 0 Å². The molecule has 120 valence electrons. The molecule has 1 aromatic rings. The van der Waals surface area contributed by atoms with Gasteiger partial charge in [-0.3, -0.25) is 0 Å². The van der Waals surface area contributed by atoms with Crippen molar-refractivity contribution < 1.29 is 0 Å². The van der Waals surface area contributed by atoms with E-state index in [0.717, 1.165) is 19.4 Å².